The number of hydrogen-bond donors (Lipinski definition) is 0. The summed E-state index contributed by atoms with van der Waals surface area (Å²) in [6, 6.07) is 11.7. The first kappa shape index (κ1) is 12.5. The smallest absolute Gasteiger partial charge is 0.189 e. The van der Waals surface area contributed by atoms with Gasteiger partial charge in [-0.05, 0) is 39.7 Å². The van der Waals surface area contributed by atoms with Crippen LogP contribution in [0.2, 0.25) is 0 Å². The van der Waals surface area contributed by atoms with Gasteiger partial charge in [-0.1, -0.05) is 24.3 Å². The summed E-state index contributed by atoms with van der Waals surface area (Å²) >= 11 is 3.46. The molecule has 0 aliphatic heterocycles. The van der Waals surface area contributed by atoms with E-state index in [1.807, 2.05) is 53.1 Å². The van der Waals surface area contributed by atoms with Gasteiger partial charge in [-0.3, -0.25) is 9.20 Å². The average molecular weight is 339 g/mol. The molecule has 4 rings (SSSR count). The first-order valence-corrected chi connectivity index (χ1v) is 7.47. The van der Waals surface area contributed by atoms with E-state index in [4.69, 9.17) is 0 Å². The second kappa shape index (κ2) is 4.67. The van der Waals surface area contributed by atoms with Gasteiger partial charge in [-0.15, -0.1) is 0 Å². The molecule has 1 aromatic carbocycles. The van der Waals surface area contributed by atoms with Gasteiger partial charge in [0.05, 0.1) is 11.9 Å². The van der Waals surface area contributed by atoms with Crippen LogP contribution in [0, 0.1) is 0 Å². The number of fused-ring (bicyclic) bond motifs is 2. The Bertz CT molecular complexity index is 908. The second-order valence-corrected chi connectivity index (χ2v) is 6.01. The molecule has 0 unspecified atom stereocenters. The molecule has 1 aliphatic rings. The normalized spacial score (nSPS) is 15.9. The molecule has 0 saturated carbocycles. The average Bonchev–Trinajstić information content (AvgIpc) is 3.02. The van der Waals surface area contributed by atoms with Crippen LogP contribution < -0.4 is 0 Å². The van der Waals surface area contributed by atoms with E-state index in [1.165, 1.54) is 0 Å². The number of carbonyl (C=O) groups is 1. The van der Waals surface area contributed by atoms with Crippen molar-refractivity contribution in [1.82, 2.24) is 9.38 Å². The lowest BCUT2D eigenvalue weighted by Crippen LogP contribution is -1.96. The number of aromatic nitrogens is 2. The molecule has 4 heteroatoms. The highest BCUT2D eigenvalue weighted by Crippen LogP contribution is 2.27. The van der Waals surface area contributed by atoms with Crippen molar-refractivity contribution in [3.8, 4) is 0 Å². The number of halogens is 1. The third kappa shape index (κ3) is 2.03. The number of Topliss-reactive ketones (excluding diaryl/α,β-unsaturated/α-hetero) is 1. The molecular weight excluding hydrogens is 328 g/mol. The Balaban J connectivity index is 1.82. The first-order chi connectivity index (χ1) is 10.2. The summed E-state index contributed by atoms with van der Waals surface area (Å²) in [6.07, 6.45) is 6.39. The van der Waals surface area contributed by atoms with Crippen molar-refractivity contribution in [2.45, 2.75) is 6.42 Å². The Hall–Kier alpha value is -2.20. The fraction of sp³-hybridized carbons (Fsp3) is 0.0588. The number of carbonyl (C=O) groups excluding carboxylic acids is 1. The molecule has 0 radical (unpaired) electrons. The molecular formula is C17H11BrN2O. The van der Waals surface area contributed by atoms with Crippen LogP contribution in [0.5, 0.6) is 0 Å². The van der Waals surface area contributed by atoms with E-state index in [0.717, 1.165) is 32.5 Å². The molecule has 3 nitrogen and oxygen atoms in total. The molecule has 1 aliphatic carbocycles. The molecule has 0 atom stereocenters. The first-order valence-electron chi connectivity index (χ1n) is 6.68. The lowest BCUT2D eigenvalue weighted by molar-refractivity contribution is 0.104. The highest BCUT2D eigenvalue weighted by molar-refractivity contribution is 9.10. The van der Waals surface area contributed by atoms with E-state index >= 15 is 0 Å². The number of pyridine rings is 1. The molecule has 0 N–H and O–H groups in total. The van der Waals surface area contributed by atoms with Gasteiger partial charge in [0.2, 0.25) is 0 Å². The quantitative estimate of drug-likeness (QED) is 0.630. The third-order valence-corrected chi connectivity index (χ3v) is 4.22. The standard InChI is InChI=1S/C17H11BrN2O/c18-13-5-6-16-19-9-14(20(16)10-13)8-12-7-11-3-1-2-4-15(11)17(12)21/h1-6,8-10H,7H2/b12-8+. The van der Waals surface area contributed by atoms with E-state index in [1.54, 1.807) is 6.20 Å². The van der Waals surface area contributed by atoms with E-state index in [0.29, 0.717) is 6.42 Å². The number of ketones is 1. The minimum Gasteiger partial charge on any atom is -0.299 e. The van der Waals surface area contributed by atoms with Crippen molar-refractivity contribution >= 4 is 33.4 Å². The predicted octanol–water partition coefficient (Wildman–Crippen LogP) is 3.92. The van der Waals surface area contributed by atoms with E-state index in [-0.39, 0.29) is 5.78 Å². The molecule has 2 heterocycles. The number of benzene rings is 1. The van der Waals surface area contributed by atoms with Crippen molar-refractivity contribution in [2.24, 2.45) is 0 Å². The minimum atomic E-state index is 0.121. The van der Waals surface area contributed by atoms with Gasteiger partial charge in [0.25, 0.3) is 0 Å². The van der Waals surface area contributed by atoms with Crippen LogP contribution in [-0.2, 0) is 6.42 Å². The number of allylic oxidation sites excluding steroid dienone is 1. The van der Waals surface area contributed by atoms with Crippen LogP contribution >= 0.6 is 15.9 Å². The summed E-state index contributed by atoms with van der Waals surface area (Å²) in [5.74, 6) is 0.121. The van der Waals surface area contributed by atoms with Gasteiger partial charge in [0.15, 0.2) is 5.78 Å². The van der Waals surface area contributed by atoms with Crippen molar-refractivity contribution in [1.29, 1.82) is 0 Å². The van der Waals surface area contributed by atoms with Gasteiger partial charge in [0, 0.05) is 28.2 Å². The summed E-state index contributed by atoms with van der Waals surface area (Å²) < 4.78 is 2.96. The predicted molar refractivity (Wildman–Crippen MR) is 85.3 cm³/mol. The van der Waals surface area contributed by atoms with Crippen molar-refractivity contribution in [3.63, 3.8) is 0 Å². The van der Waals surface area contributed by atoms with Gasteiger partial charge >= 0.3 is 0 Å². The van der Waals surface area contributed by atoms with Crippen molar-refractivity contribution < 1.29 is 4.79 Å². The van der Waals surface area contributed by atoms with E-state index in [2.05, 4.69) is 20.9 Å². The molecule has 102 valence electrons. The monoisotopic (exact) mass is 338 g/mol. The Morgan fingerprint density at radius 3 is 2.90 bits per heavy atom. The molecule has 0 fully saturated rings. The largest absolute Gasteiger partial charge is 0.299 e. The molecule has 2 aromatic heterocycles. The molecule has 0 bridgehead atoms. The Morgan fingerprint density at radius 2 is 2.05 bits per heavy atom. The fourth-order valence-electron chi connectivity index (χ4n) is 2.73. The van der Waals surface area contributed by atoms with Gasteiger partial charge in [0.1, 0.15) is 5.65 Å². The van der Waals surface area contributed by atoms with Crippen LogP contribution in [0.15, 0.2) is 58.8 Å². The van der Waals surface area contributed by atoms with Crippen LogP contribution in [0.4, 0.5) is 0 Å². The zero-order valence-electron chi connectivity index (χ0n) is 11.1. The highest BCUT2D eigenvalue weighted by Gasteiger charge is 2.24. The minimum absolute atomic E-state index is 0.121. The summed E-state index contributed by atoms with van der Waals surface area (Å²) in [6.45, 7) is 0. The number of hydrogen-bond acceptors (Lipinski definition) is 2. The highest BCUT2D eigenvalue weighted by atomic mass is 79.9. The maximum Gasteiger partial charge on any atom is 0.189 e. The molecule has 0 spiro atoms. The van der Waals surface area contributed by atoms with Gasteiger partial charge in [-0.2, -0.15) is 0 Å². The second-order valence-electron chi connectivity index (χ2n) is 5.09. The zero-order chi connectivity index (χ0) is 14.4. The molecule has 0 saturated heterocycles. The lowest BCUT2D eigenvalue weighted by atomic mass is 10.1. The van der Waals surface area contributed by atoms with Crippen LogP contribution in [-0.4, -0.2) is 15.2 Å². The molecule has 3 aromatic rings. The maximum absolute atomic E-state index is 12.4. The van der Waals surface area contributed by atoms with Crippen LogP contribution in [0.25, 0.3) is 11.7 Å². The zero-order valence-corrected chi connectivity index (χ0v) is 12.7. The Morgan fingerprint density at radius 1 is 1.19 bits per heavy atom. The van der Waals surface area contributed by atoms with Crippen LogP contribution in [0.1, 0.15) is 21.6 Å². The Labute approximate surface area is 130 Å². The molecule has 0 amide bonds. The van der Waals surface area contributed by atoms with Crippen molar-refractivity contribution in [3.05, 3.63) is 75.7 Å². The van der Waals surface area contributed by atoms with Crippen molar-refractivity contribution in [2.75, 3.05) is 0 Å². The van der Waals surface area contributed by atoms with E-state index in [9.17, 15) is 4.79 Å². The third-order valence-electron chi connectivity index (χ3n) is 3.75. The van der Waals surface area contributed by atoms with Gasteiger partial charge < -0.3 is 0 Å². The number of rotatable bonds is 1. The van der Waals surface area contributed by atoms with E-state index < -0.39 is 0 Å². The number of nitrogens with zero attached hydrogens (tertiary/aromatic N) is 2. The fourth-order valence-corrected chi connectivity index (χ4v) is 3.07. The summed E-state index contributed by atoms with van der Waals surface area (Å²) in [4.78, 5) is 16.8. The lowest BCUT2D eigenvalue weighted by Gasteiger charge is -1.99. The maximum atomic E-state index is 12.4. The van der Waals surface area contributed by atoms with Crippen LogP contribution in [0.3, 0.4) is 0 Å². The van der Waals surface area contributed by atoms with Gasteiger partial charge in [-0.25, -0.2) is 4.98 Å². The SMILES string of the molecule is O=C1/C(=C/c2cnc3ccc(Br)cn23)Cc2ccccc21. The Kier molecular flexibility index (Phi) is 2.79. The summed E-state index contributed by atoms with van der Waals surface area (Å²) in [5, 5.41) is 0. The summed E-state index contributed by atoms with van der Waals surface area (Å²) in [5.41, 5.74) is 4.52. The topological polar surface area (TPSA) is 34.4 Å². The summed E-state index contributed by atoms with van der Waals surface area (Å²) in [7, 11) is 0. The number of imidazole rings is 1. The molecule has 21 heavy (non-hydrogen) atoms.